The van der Waals surface area contributed by atoms with Gasteiger partial charge >= 0.3 is 0 Å². The lowest BCUT2D eigenvalue weighted by Crippen LogP contribution is -2.33. The third kappa shape index (κ3) is 5.03. The molecule has 4 nitrogen and oxygen atoms in total. The highest BCUT2D eigenvalue weighted by Gasteiger charge is 2.16. The molecule has 2 N–H and O–H groups in total. The number of thiophene rings is 1. The molecule has 0 saturated carbocycles. The molecule has 1 aromatic heterocycles. The number of amides is 1. The maximum atomic E-state index is 12.2. The van der Waals surface area contributed by atoms with E-state index in [0.717, 1.165) is 11.3 Å². The Bertz CT molecular complexity index is 453. The van der Waals surface area contributed by atoms with E-state index in [-0.39, 0.29) is 19.1 Å². The topological polar surface area (TPSA) is 60.8 Å². The SMILES string of the molecule is CCCN(CCO)C(=O)c1ccc(C#CCCO)s1. The highest BCUT2D eigenvalue weighted by atomic mass is 32.1. The Kier molecular flexibility index (Phi) is 7.19. The molecule has 0 aromatic carbocycles. The Balaban J connectivity index is 2.74. The van der Waals surface area contributed by atoms with Crippen molar-refractivity contribution in [2.24, 2.45) is 0 Å². The summed E-state index contributed by atoms with van der Waals surface area (Å²) < 4.78 is 0. The first-order chi connectivity index (χ1) is 9.22. The van der Waals surface area contributed by atoms with Crippen LogP contribution in [0.15, 0.2) is 12.1 Å². The molecule has 0 bridgehead atoms. The first-order valence-corrected chi connectivity index (χ1v) is 7.14. The molecule has 0 aliphatic rings. The van der Waals surface area contributed by atoms with Crippen molar-refractivity contribution in [3.05, 3.63) is 21.9 Å². The molecule has 5 heteroatoms. The quantitative estimate of drug-likeness (QED) is 0.773. The summed E-state index contributed by atoms with van der Waals surface area (Å²) in [5.74, 6) is 5.68. The number of carbonyl (C=O) groups is 1. The second-order valence-corrected chi connectivity index (χ2v) is 5.04. The van der Waals surface area contributed by atoms with E-state index in [1.54, 1.807) is 11.0 Å². The first kappa shape index (κ1) is 15.7. The maximum absolute atomic E-state index is 12.2. The number of carbonyl (C=O) groups excluding carboxylic acids is 1. The average Bonchev–Trinajstić information content (AvgIpc) is 2.87. The minimum absolute atomic E-state index is 0.0275. The molecule has 0 saturated heterocycles. The van der Waals surface area contributed by atoms with Crippen LogP contribution in [0.1, 0.15) is 34.3 Å². The molecular formula is C14H19NO3S. The van der Waals surface area contributed by atoms with Crippen LogP contribution in [0.3, 0.4) is 0 Å². The molecule has 104 valence electrons. The van der Waals surface area contributed by atoms with E-state index in [4.69, 9.17) is 10.2 Å². The standard InChI is InChI=1S/C14H19NO3S/c1-2-8-15(9-11-17)14(18)13-7-6-12(19-13)5-3-4-10-16/h6-7,16-17H,2,4,8-11H2,1H3. The Morgan fingerprint density at radius 2 is 2.11 bits per heavy atom. The monoisotopic (exact) mass is 281 g/mol. The lowest BCUT2D eigenvalue weighted by Gasteiger charge is -2.19. The molecule has 0 fully saturated rings. The van der Waals surface area contributed by atoms with Gasteiger partial charge in [-0.2, -0.15) is 0 Å². The lowest BCUT2D eigenvalue weighted by molar-refractivity contribution is 0.0727. The first-order valence-electron chi connectivity index (χ1n) is 6.32. The van der Waals surface area contributed by atoms with Gasteiger partial charge in [-0.1, -0.05) is 18.8 Å². The van der Waals surface area contributed by atoms with E-state index in [0.29, 0.717) is 24.4 Å². The number of hydrogen-bond acceptors (Lipinski definition) is 4. The van der Waals surface area contributed by atoms with Gasteiger partial charge in [0, 0.05) is 19.5 Å². The van der Waals surface area contributed by atoms with Crippen molar-refractivity contribution in [3.63, 3.8) is 0 Å². The summed E-state index contributed by atoms with van der Waals surface area (Å²) >= 11 is 1.34. The van der Waals surface area contributed by atoms with E-state index in [9.17, 15) is 4.79 Å². The van der Waals surface area contributed by atoms with Crippen molar-refractivity contribution in [2.75, 3.05) is 26.3 Å². The second kappa shape index (κ2) is 8.70. The van der Waals surface area contributed by atoms with E-state index >= 15 is 0 Å². The highest BCUT2D eigenvalue weighted by molar-refractivity contribution is 7.14. The fourth-order valence-electron chi connectivity index (χ4n) is 1.59. The molecule has 1 aromatic rings. The van der Waals surface area contributed by atoms with Crippen LogP contribution in [0.4, 0.5) is 0 Å². The van der Waals surface area contributed by atoms with Crippen LogP contribution >= 0.6 is 11.3 Å². The number of hydrogen-bond donors (Lipinski definition) is 2. The van der Waals surface area contributed by atoms with Crippen LogP contribution in [0.2, 0.25) is 0 Å². The molecular weight excluding hydrogens is 262 g/mol. The van der Waals surface area contributed by atoms with Crippen molar-refractivity contribution in [3.8, 4) is 11.8 Å². The van der Waals surface area contributed by atoms with Crippen LogP contribution in [-0.2, 0) is 0 Å². The molecule has 0 aliphatic heterocycles. The average molecular weight is 281 g/mol. The predicted molar refractivity (Wildman–Crippen MR) is 76.2 cm³/mol. The van der Waals surface area contributed by atoms with Crippen LogP contribution < -0.4 is 0 Å². The second-order valence-electron chi connectivity index (χ2n) is 3.96. The van der Waals surface area contributed by atoms with Crippen LogP contribution in [-0.4, -0.2) is 47.3 Å². The van der Waals surface area contributed by atoms with E-state index in [1.807, 2.05) is 13.0 Å². The number of rotatable bonds is 6. The van der Waals surface area contributed by atoms with Crippen LogP contribution in [0, 0.1) is 11.8 Å². The zero-order valence-corrected chi connectivity index (χ0v) is 11.9. The van der Waals surface area contributed by atoms with E-state index < -0.39 is 0 Å². The summed E-state index contributed by atoms with van der Waals surface area (Å²) in [7, 11) is 0. The Hall–Kier alpha value is -1.35. The summed E-state index contributed by atoms with van der Waals surface area (Å²) in [6, 6.07) is 3.57. The molecule has 19 heavy (non-hydrogen) atoms. The van der Waals surface area contributed by atoms with Crippen molar-refractivity contribution < 1.29 is 15.0 Å². The zero-order chi connectivity index (χ0) is 14.1. The Morgan fingerprint density at radius 1 is 1.32 bits per heavy atom. The van der Waals surface area contributed by atoms with Gasteiger partial charge in [0.2, 0.25) is 0 Å². The maximum Gasteiger partial charge on any atom is 0.264 e. The summed E-state index contributed by atoms with van der Waals surface area (Å²) in [6.45, 7) is 3.02. The molecule has 1 amide bonds. The molecule has 0 aliphatic carbocycles. The van der Waals surface area contributed by atoms with Gasteiger partial charge in [0.1, 0.15) is 0 Å². The third-order valence-corrected chi connectivity index (χ3v) is 3.40. The van der Waals surface area contributed by atoms with Crippen LogP contribution in [0.5, 0.6) is 0 Å². The van der Waals surface area contributed by atoms with Gasteiger partial charge < -0.3 is 15.1 Å². The minimum Gasteiger partial charge on any atom is -0.395 e. The largest absolute Gasteiger partial charge is 0.395 e. The fourth-order valence-corrected chi connectivity index (χ4v) is 2.44. The Morgan fingerprint density at radius 3 is 2.74 bits per heavy atom. The number of aliphatic hydroxyl groups excluding tert-OH is 2. The summed E-state index contributed by atoms with van der Waals surface area (Å²) in [5, 5.41) is 17.6. The molecule has 1 heterocycles. The van der Waals surface area contributed by atoms with Gasteiger partial charge in [-0.15, -0.1) is 11.3 Å². The zero-order valence-electron chi connectivity index (χ0n) is 11.1. The summed E-state index contributed by atoms with van der Waals surface area (Å²) in [6.07, 6.45) is 1.30. The van der Waals surface area contributed by atoms with E-state index in [1.165, 1.54) is 11.3 Å². The normalized spacial score (nSPS) is 9.84. The summed E-state index contributed by atoms with van der Waals surface area (Å²) in [4.78, 5) is 15.3. The van der Waals surface area contributed by atoms with Gasteiger partial charge in [0.15, 0.2) is 0 Å². The third-order valence-electron chi connectivity index (χ3n) is 2.42. The molecule has 0 unspecified atom stereocenters. The molecule has 1 rings (SSSR count). The lowest BCUT2D eigenvalue weighted by atomic mass is 10.3. The fraction of sp³-hybridized carbons (Fsp3) is 0.500. The van der Waals surface area contributed by atoms with Crippen molar-refractivity contribution in [1.29, 1.82) is 0 Å². The predicted octanol–water partition coefficient (Wildman–Crippen LogP) is 1.33. The van der Waals surface area contributed by atoms with Gasteiger partial charge in [0.25, 0.3) is 5.91 Å². The van der Waals surface area contributed by atoms with Gasteiger partial charge in [-0.3, -0.25) is 4.79 Å². The minimum atomic E-state index is -0.0592. The summed E-state index contributed by atoms with van der Waals surface area (Å²) in [5.41, 5.74) is 0. The molecule has 0 atom stereocenters. The van der Waals surface area contributed by atoms with E-state index in [2.05, 4.69) is 11.8 Å². The van der Waals surface area contributed by atoms with Gasteiger partial charge in [-0.05, 0) is 18.6 Å². The Labute approximate surface area is 117 Å². The van der Waals surface area contributed by atoms with Crippen molar-refractivity contribution >= 4 is 17.2 Å². The smallest absolute Gasteiger partial charge is 0.264 e. The van der Waals surface area contributed by atoms with Crippen molar-refractivity contribution in [1.82, 2.24) is 4.90 Å². The number of aliphatic hydroxyl groups is 2. The number of nitrogens with zero attached hydrogens (tertiary/aromatic N) is 1. The van der Waals surface area contributed by atoms with Crippen molar-refractivity contribution in [2.45, 2.75) is 19.8 Å². The van der Waals surface area contributed by atoms with Gasteiger partial charge in [0.05, 0.1) is 23.0 Å². The molecule has 0 spiro atoms. The van der Waals surface area contributed by atoms with Gasteiger partial charge in [-0.25, -0.2) is 0 Å². The van der Waals surface area contributed by atoms with Crippen LogP contribution in [0.25, 0.3) is 0 Å². The molecule has 0 radical (unpaired) electrons. The highest BCUT2D eigenvalue weighted by Crippen LogP contribution is 2.17.